The van der Waals surface area contributed by atoms with E-state index in [1.54, 1.807) is 6.20 Å². The second-order valence-corrected chi connectivity index (χ2v) is 4.04. The van der Waals surface area contributed by atoms with E-state index in [4.69, 9.17) is 11.6 Å². The summed E-state index contributed by atoms with van der Waals surface area (Å²) in [6.07, 6.45) is 1.77. The quantitative estimate of drug-likeness (QED) is 0.882. The third kappa shape index (κ3) is 2.15. The van der Waals surface area contributed by atoms with Crippen LogP contribution in [0.25, 0.3) is 0 Å². The van der Waals surface area contributed by atoms with Crippen molar-refractivity contribution in [2.75, 3.05) is 5.32 Å². The van der Waals surface area contributed by atoms with Crippen molar-refractivity contribution in [2.45, 2.75) is 6.54 Å². The molecule has 4 nitrogen and oxygen atoms in total. The summed E-state index contributed by atoms with van der Waals surface area (Å²) in [5.74, 6) is 0.639. The Morgan fingerprint density at radius 3 is 3.00 bits per heavy atom. The molecule has 0 aromatic carbocycles. The molecule has 0 radical (unpaired) electrons. The van der Waals surface area contributed by atoms with Gasteiger partial charge in [0.2, 0.25) is 0 Å². The van der Waals surface area contributed by atoms with Gasteiger partial charge in [-0.3, -0.25) is 0 Å². The second kappa shape index (κ2) is 3.99. The highest BCUT2D eigenvalue weighted by atomic mass is 35.5. The first-order valence-electron chi connectivity index (χ1n) is 3.48. The van der Waals surface area contributed by atoms with Gasteiger partial charge in [-0.1, -0.05) is 11.6 Å². The lowest BCUT2D eigenvalue weighted by Crippen LogP contribution is -1.97. The van der Waals surface area contributed by atoms with Crippen LogP contribution in [0.5, 0.6) is 0 Å². The fourth-order valence-corrected chi connectivity index (χ4v) is 1.99. The molecule has 1 N–H and O–H groups in total. The number of hydrogen-bond donors (Lipinski definition) is 1. The monoisotopic (exact) mass is 232 g/mol. The predicted molar refractivity (Wildman–Crippen MR) is 54.4 cm³/mol. The largest absolute Gasteiger partial charge is 0.362 e. The van der Waals surface area contributed by atoms with Gasteiger partial charge in [-0.05, 0) is 17.6 Å². The number of anilines is 1. The van der Waals surface area contributed by atoms with Crippen molar-refractivity contribution < 1.29 is 0 Å². The molecule has 0 spiro atoms. The van der Waals surface area contributed by atoms with E-state index in [1.165, 1.54) is 11.5 Å². The lowest BCUT2D eigenvalue weighted by molar-refractivity contribution is 1.17. The van der Waals surface area contributed by atoms with Crippen molar-refractivity contribution in [3.05, 3.63) is 22.3 Å². The van der Waals surface area contributed by atoms with E-state index < -0.39 is 0 Å². The van der Waals surface area contributed by atoms with Crippen molar-refractivity contribution in [2.24, 2.45) is 0 Å². The maximum Gasteiger partial charge on any atom is 0.186 e. The van der Waals surface area contributed by atoms with Gasteiger partial charge in [-0.25, -0.2) is 4.37 Å². The zero-order valence-corrected chi connectivity index (χ0v) is 8.79. The van der Waals surface area contributed by atoms with Gasteiger partial charge in [0, 0.05) is 11.1 Å². The lowest BCUT2D eigenvalue weighted by atomic mass is 10.5. The first-order chi connectivity index (χ1) is 6.36. The van der Waals surface area contributed by atoms with E-state index in [0.29, 0.717) is 17.5 Å². The van der Waals surface area contributed by atoms with E-state index >= 15 is 0 Å². The Bertz CT molecular complexity index is 372. The maximum atomic E-state index is 5.74. The fraction of sp³-hybridized carbons (Fsp3) is 0.167. The van der Waals surface area contributed by atoms with Gasteiger partial charge >= 0.3 is 0 Å². The van der Waals surface area contributed by atoms with Crippen molar-refractivity contribution >= 4 is 40.7 Å². The van der Waals surface area contributed by atoms with Gasteiger partial charge in [-0.2, -0.15) is 8.75 Å². The molecule has 0 atom stereocenters. The Labute approximate surface area is 88.1 Å². The molecule has 13 heavy (non-hydrogen) atoms. The van der Waals surface area contributed by atoms with Crippen LogP contribution in [-0.4, -0.2) is 13.1 Å². The molecule has 2 heterocycles. The van der Waals surface area contributed by atoms with E-state index in [0.717, 1.165) is 16.6 Å². The Morgan fingerprint density at radius 1 is 1.46 bits per heavy atom. The molecule has 68 valence electrons. The van der Waals surface area contributed by atoms with Crippen LogP contribution in [0.4, 0.5) is 5.82 Å². The highest BCUT2D eigenvalue weighted by Gasteiger charge is 2.04. The van der Waals surface area contributed by atoms with Gasteiger partial charge < -0.3 is 5.32 Å². The molecule has 2 rings (SSSR count). The summed E-state index contributed by atoms with van der Waals surface area (Å²) in [7, 11) is 0. The number of hydrogen-bond acceptors (Lipinski definition) is 6. The Morgan fingerprint density at radius 2 is 2.38 bits per heavy atom. The molecule has 0 unspecified atom stereocenters. The minimum absolute atomic E-state index is 0.425. The predicted octanol–water partition coefficient (Wildman–Crippen LogP) is 2.26. The van der Waals surface area contributed by atoms with Crippen LogP contribution in [-0.2, 0) is 6.54 Å². The zero-order chi connectivity index (χ0) is 9.10. The van der Waals surface area contributed by atoms with Gasteiger partial charge in [0.05, 0.1) is 18.3 Å². The van der Waals surface area contributed by atoms with Gasteiger partial charge in [-0.15, -0.1) is 0 Å². The number of rotatable bonds is 3. The average Bonchev–Trinajstić information content (AvgIpc) is 2.72. The summed E-state index contributed by atoms with van der Waals surface area (Å²) in [6.45, 7) is 0.690. The molecule has 0 aliphatic rings. The van der Waals surface area contributed by atoms with E-state index in [2.05, 4.69) is 18.4 Å². The van der Waals surface area contributed by atoms with Crippen molar-refractivity contribution in [1.82, 2.24) is 13.1 Å². The standard InChI is InChI=1S/C6H5ClN4S2/c7-5-6(11-13-10-5)8-3-4-1-2-9-12-4/h1-2H,3H2,(H,8,11). The number of halogens is 1. The highest BCUT2D eigenvalue weighted by molar-refractivity contribution is 7.05. The molecule has 0 aliphatic heterocycles. The Hall–Kier alpha value is -0.720. The molecule has 0 bridgehead atoms. The fourth-order valence-electron chi connectivity index (χ4n) is 0.787. The summed E-state index contributed by atoms with van der Waals surface area (Å²) in [5, 5.41) is 3.50. The minimum Gasteiger partial charge on any atom is -0.362 e. The Kier molecular flexibility index (Phi) is 2.72. The lowest BCUT2D eigenvalue weighted by Gasteiger charge is -1.98. The summed E-state index contributed by atoms with van der Waals surface area (Å²) in [4.78, 5) is 1.14. The average molecular weight is 233 g/mol. The minimum atomic E-state index is 0.425. The summed E-state index contributed by atoms with van der Waals surface area (Å²) >= 11 is 8.29. The molecule has 2 aromatic rings. The van der Waals surface area contributed by atoms with Crippen molar-refractivity contribution in [3.8, 4) is 0 Å². The summed E-state index contributed by atoms with van der Waals surface area (Å²) < 4.78 is 11.8. The van der Waals surface area contributed by atoms with Crippen molar-refractivity contribution in [3.63, 3.8) is 0 Å². The molecule has 2 aromatic heterocycles. The van der Waals surface area contributed by atoms with Crippen LogP contribution in [0.1, 0.15) is 4.88 Å². The van der Waals surface area contributed by atoms with Crippen LogP contribution < -0.4 is 5.32 Å². The van der Waals surface area contributed by atoms with E-state index in [9.17, 15) is 0 Å². The summed E-state index contributed by atoms with van der Waals surface area (Å²) in [5.41, 5.74) is 0. The smallest absolute Gasteiger partial charge is 0.186 e. The third-order valence-corrected chi connectivity index (χ3v) is 3.00. The summed E-state index contributed by atoms with van der Waals surface area (Å²) in [6, 6.07) is 1.95. The number of nitrogens with zero attached hydrogens (tertiary/aromatic N) is 3. The topological polar surface area (TPSA) is 50.7 Å². The van der Waals surface area contributed by atoms with Gasteiger partial charge in [0.15, 0.2) is 11.0 Å². The third-order valence-electron chi connectivity index (χ3n) is 1.37. The SMILES string of the molecule is Clc1nsnc1NCc1ccns1. The van der Waals surface area contributed by atoms with Crippen LogP contribution in [0.15, 0.2) is 12.3 Å². The molecule has 0 aliphatic carbocycles. The van der Waals surface area contributed by atoms with E-state index in [1.807, 2.05) is 6.07 Å². The first kappa shape index (κ1) is 8.86. The van der Waals surface area contributed by atoms with Gasteiger partial charge in [0.25, 0.3) is 0 Å². The van der Waals surface area contributed by atoms with Crippen LogP contribution >= 0.6 is 34.9 Å². The number of aromatic nitrogens is 3. The molecule has 0 amide bonds. The molecule has 7 heteroatoms. The highest BCUT2D eigenvalue weighted by Crippen LogP contribution is 2.18. The van der Waals surface area contributed by atoms with E-state index in [-0.39, 0.29) is 0 Å². The molecule has 0 saturated heterocycles. The molecule has 0 saturated carbocycles. The first-order valence-corrected chi connectivity index (χ1v) is 5.36. The zero-order valence-electron chi connectivity index (χ0n) is 6.40. The van der Waals surface area contributed by atoms with Crippen LogP contribution in [0.3, 0.4) is 0 Å². The van der Waals surface area contributed by atoms with Crippen molar-refractivity contribution in [1.29, 1.82) is 0 Å². The second-order valence-electron chi connectivity index (χ2n) is 2.24. The van der Waals surface area contributed by atoms with Crippen LogP contribution in [0.2, 0.25) is 5.15 Å². The molecular formula is C6H5ClN4S2. The maximum absolute atomic E-state index is 5.74. The normalized spacial score (nSPS) is 10.2. The molecule has 0 fully saturated rings. The Balaban J connectivity index is 1.97. The van der Waals surface area contributed by atoms with Crippen LogP contribution in [0, 0.1) is 0 Å². The molecular weight excluding hydrogens is 228 g/mol. The number of nitrogens with one attached hydrogen (secondary N) is 1. The van der Waals surface area contributed by atoms with Gasteiger partial charge in [0.1, 0.15) is 0 Å².